The van der Waals surface area contributed by atoms with Crippen LogP contribution in [0, 0.1) is 27.7 Å². The number of rotatable bonds is 5. The Morgan fingerprint density at radius 2 is 1.84 bits per heavy atom. The molecule has 31 heavy (non-hydrogen) atoms. The maximum Gasteiger partial charge on any atom is 0.242 e. The van der Waals surface area contributed by atoms with Gasteiger partial charge in [-0.05, 0) is 57.0 Å². The van der Waals surface area contributed by atoms with Crippen molar-refractivity contribution in [1.29, 1.82) is 0 Å². The first-order valence-electron chi connectivity index (χ1n) is 10.2. The molecule has 1 amide bonds. The molecule has 0 saturated carbocycles. The van der Waals surface area contributed by atoms with Crippen LogP contribution in [0.5, 0.6) is 0 Å². The molecule has 0 fully saturated rings. The van der Waals surface area contributed by atoms with E-state index in [2.05, 4.69) is 47.3 Å². The summed E-state index contributed by atoms with van der Waals surface area (Å²) in [5, 5.41) is 8.17. The Bertz CT molecular complexity index is 1280. The molecule has 8 heteroatoms. The molecule has 0 unspecified atom stereocenters. The maximum absolute atomic E-state index is 12.1. The lowest BCUT2D eigenvalue weighted by Crippen LogP contribution is -2.25. The van der Waals surface area contributed by atoms with E-state index in [9.17, 15) is 4.79 Å². The quantitative estimate of drug-likeness (QED) is 0.536. The van der Waals surface area contributed by atoms with Gasteiger partial charge in [0, 0.05) is 20.3 Å². The molecule has 4 rings (SSSR count). The zero-order valence-electron chi connectivity index (χ0n) is 18.8. The number of aromatic nitrogens is 5. The maximum atomic E-state index is 12.1. The van der Waals surface area contributed by atoms with E-state index in [1.807, 2.05) is 29.2 Å². The topological polar surface area (TPSA) is 80.9 Å². The van der Waals surface area contributed by atoms with E-state index in [1.165, 1.54) is 11.1 Å². The van der Waals surface area contributed by atoms with Crippen molar-refractivity contribution in [2.24, 2.45) is 0 Å². The molecule has 0 radical (unpaired) electrons. The first-order chi connectivity index (χ1) is 14.8. The van der Waals surface area contributed by atoms with Crippen LogP contribution in [-0.2, 0) is 11.3 Å². The summed E-state index contributed by atoms with van der Waals surface area (Å²) in [6.45, 7) is 8.44. The molecule has 1 N–H and O–H groups in total. The number of nitrogens with zero attached hydrogens (tertiary/aromatic N) is 6. The molecule has 0 aliphatic heterocycles. The molecule has 0 atom stereocenters. The zero-order valence-corrected chi connectivity index (χ0v) is 18.8. The molecule has 4 aromatic rings. The summed E-state index contributed by atoms with van der Waals surface area (Å²) in [7, 11) is 3.49. The third kappa shape index (κ3) is 3.76. The van der Waals surface area contributed by atoms with E-state index in [0.717, 1.165) is 28.3 Å². The van der Waals surface area contributed by atoms with Gasteiger partial charge in [-0.2, -0.15) is 5.10 Å². The van der Waals surface area contributed by atoms with Crippen LogP contribution in [0.1, 0.15) is 22.5 Å². The first-order valence-corrected chi connectivity index (χ1v) is 10.2. The molecule has 8 nitrogen and oxygen atoms in total. The molecule has 0 saturated heterocycles. The molecular weight excluding hydrogens is 390 g/mol. The number of amides is 1. The minimum absolute atomic E-state index is 0.00646. The van der Waals surface area contributed by atoms with Gasteiger partial charge < -0.3 is 14.8 Å². The van der Waals surface area contributed by atoms with Crippen LogP contribution in [0.4, 0.5) is 11.5 Å². The SMILES string of the molecule is Cc1ccc(-n2nc(C)c(Nc3nccc4c3ncn4CC(=O)N(C)C)c2C)cc1C. The van der Waals surface area contributed by atoms with E-state index < -0.39 is 0 Å². The second-order valence-electron chi connectivity index (χ2n) is 8.04. The van der Waals surface area contributed by atoms with Crippen LogP contribution in [-0.4, -0.2) is 49.2 Å². The molecule has 0 aliphatic carbocycles. The van der Waals surface area contributed by atoms with Gasteiger partial charge in [0.15, 0.2) is 5.82 Å². The highest BCUT2D eigenvalue weighted by molar-refractivity contribution is 5.89. The number of anilines is 2. The Labute approximate surface area is 181 Å². The van der Waals surface area contributed by atoms with Gasteiger partial charge in [0.2, 0.25) is 5.91 Å². The average Bonchev–Trinajstić information content (AvgIpc) is 3.26. The van der Waals surface area contributed by atoms with Crippen LogP contribution in [0.3, 0.4) is 0 Å². The number of benzene rings is 1. The number of carbonyl (C=O) groups is 1. The number of hydrogen-bond acceptors (Lipinski definition) is 5. The Morgan fingerprint density at radius 1 is 1.06 bits per heavy atom. The molecule has 0 spiro atoms. The van der Waals surface area contributed by atoms with Crippen molar-refractivity contribution >= 4 is 28.4 Å². The van der Waals surface area contributed by atoms with Crippen LogP contribution in [0.25, 0.3) is 16.7 Å². The van der Waals surface area contributed by atoms with Gasteiger partial charge in [0.25, 0.3) is 0 Å². The first kappa shape index (κ1) is 20.6. The molecule has 1 aromatic carbocycles. The fourth-order valence-corrected chi connectivity index (χ4v) is 3.55. The number of imidazole rings is 1. The van der Waals surface area contributed by atoms with Crippen molar-refractivity contribution in [2.75, 3.05) is 19.4 Å². The highest BCUT2D eigenvalue weighted by atomic mass is 16.2. The van der Waals surface area contributed by atoms with E-state index >= 15 is 0 Å². The number of hydrogen-bond donors (Lipinski definition) is 1. The molecule has 0 aliphatic rings. The van der Waals surface area contributed by atoms with Crippen LogP contribution in [0.15, 0.2) is 36.8 Å². The normalized spacial score (nSPS) is 11.2. The lowest BCUT2D eigenvalue weighted by Gasteiger charge is -2.11. The van der Waals surface area contributed by atoms with Gasteiger partial charge in [-0.15, -0.1) is 0 Å². The number of likely N-dealkylation sites (N-methyl/N-ethyl adjacent to an activating group) is 1. The third-order valence-corrected chi connectivity index (χ3v) is 5.61. The van der Waals surface area contributed by atoms with Gasteiger partial charge in [-0.3, -0.25) is 4.79 Å². The van der Waals surface area contributed by atoms with Crippen LogP contribution in [0.2, 0.25) is 0 Å². The van der Waals surface area contributed by atoms with Gasteiger partial charge in [-0.25, -0.2) is 14.6 Å². The van der Waals surface area contributed by atoms with E-state index in [4.69, 9.17) is 5.10 Å². The summed E-state index contributed by atoms with van der Waals surface area (Å²) in [6, 6.07) is 8.20. The van der Waals surface area contributed by atoms with Gasteiger partial charge in [-0.1, -0.05) is 6.07 Å². The number of pyridine rings is 1. The highest BCUT2D eigenvalue weighted by Gasteiger charge is 2.17. The summed E-state index contributed by atoms with van der Waals surface area (Å²) >= 11 is 0. The predicted molar refractivity (Wildman–Crippen MR) is 122 cm³/mol. The number of nitrogens with one attached hydrogen (secondary N) is 1. The van der Waals surface area contributed by atoms with E-state index in [1.54, 1.807) is 31.5 Å². The minimum Gasteiger partial charge on any atom is -0.347 e. The van der Waals surface area contributed by atoms with Crippen molar-refractivity contribution in [3.05, 3.63) is 59.3 Å². The fraction of sp³-hybridized carbons (Fsp3) is 0.304. The van der Waals surface area contributed by atoms with Crippen LogP contribution < -0.4 is 5.32 Å². The number of fused-ring (bicyclic) bond motifs is 1. The monoisotopic (exact) mass is 417 g/mol. The summed E-state index contributed by atoms with van der Waals surface area (Å²) in [5.41, 5.74) is 7.83. The van der Waals surface area contributed by atoms with E-state index in [0.29, 0.717) is 11.3 Å². The predicted octanol–water partition coefficient (Wildman–Crippen LogP) is 3.68. The lowest BCUT2D eigenvalue weighted by molar-refractivity contribution is -0.129. The second kappa shape index (κ2) is 7.86. The summed E-state index contributed by atoms with van der Waals surface area (Å²) < 4.78 is 3.78. The number of aryl methyl sites for hydroxylation is 3. The van der Waals surface area contributed by atoms with Gasteiger partial charge >= 0.3 is 0 Å². The standard InChI is InChI=1S/C23H27N7O/c1-14-7-8-18(11-15(14)2)30-17(4)21(16(3)27-30)26-23-22-19(9-10-24-23)29(13-25-22)12-20(31)28(5)6/h7-11,13H,12H2,1-6H3,(H,24,26). The van der Waals surface area contributed by atoms with Crippen molar-refractivity contribution in [2.45, 2.75) is 34.2 Å². The van der Waals surface area contributed by atoms with Gasteiger partial charge in [0.1, 0.15) is 12.1 Å². The molecule has 3 aromatic heterocycles. The highest BCUT2D eigenvalue weighted by Crippen LogP contribution is 2.29. The van der Waals surface area contributed by atoms with Gasteiger partial charge in [0.05, 0.1) is 34.6 Å². The summed E-state index contributed by atoms with van der Waals surface area (Å²) in [5.74, 6) is 0.645. The molecule has 160 valence electrons. The Balaban J connectivity index is 1.70. The van der Waals surface area contributed by atoms with Crippen molar-refractivity contribution in [1.82, 2.24) is 29.2 Å². The largest absolute Gasteiger partial charge is 0.347 e. The smallest absolute Gasteiger partial charge is 0.242 e. The minimum atomic E-state index is 0.00646. The number of carbonyl (C=O) groups excluding carboxylic acids is 1. The lowest BCUT2D eigenvalue weighted by atomic mass is 10.1. The zero-order chi connectivity index (χ0) is 22.3. The Hall–Kier alpha value is -3.68. The fourth-order valence-electron chi connectivity index (χ4n) is 3.55. The average molecular weight is 418 g/mol. The van der Waals surface area contributed by atoms with Crippen molar-refractivity contribution in [3.63, 3.8) is 0 Å². The Kier molecular flexibility index (Phi) is 5.22. The van der Waals surface area contributed by atoms with Crippen molar-refractivity contribution < 1.29 is 4.79 Å². The van der Waals surface area contributed by atoms with E-state index in [-0.39, 0.29) is 12.5 Å². The molecule has 3 heterocycles. The van der Waals surface area contributed by atoms with Crippen molar-refractivity contribution in [3.8, 4) is 5.69 Å². The molecule has 0 bridgehead atoms. The summed E-state index contributed by atoms with van der Waals surface area (Å²) in [4.78, 5) is 22.7. The third-order valence-electron chi connectivity index (χ3n) is 5.61. The molecular formula is C23H27N7O. The van der Waals surface area contributed by atoms with Crippen LogP contribution >= 0.6 is 0 Å². The Morgan fingerprint density at radius 3 is 2.55 bits per heavy atom. The summed E-state index contributed by atoms with van der Waals surface area (Å²) in [6.07, 6.45) is 3.40. The second-order valence-corrected chi connectivity index (χ2v) is 8.04.